The highest BCUT2D eigenvalue weighted by Crippen LogP contribution is 2.44. The van der Waals surface area contributed by atoms with Crippen LogP contribution in [0.4, 0.5) is 20.6 Å². The molecule has 3 aliphatic heterocycles. The van der Waals surface area contributed by atoms with Gasteiger partial charge in [-0.15, -0.1) is 0 Å². The Balaban J connectivity index is 1.30. The lowest BCUT2D eigenvalue weighted by molar-refractivity contribution is 0.208. The first-order valence-electron chi connectivity index (χ1n) is 9.70. The van der Waals surface area contributed by atoms with E-state index in [2.05, 4.69) is 5.32 Å². The number of fused-ring (bicyclic) bond motifs is 2. The number of rotatable bonds is 2. The van der Waals surface area contributed by atoms with Crippen LogP contribution in [0.15, 0.2) is 30.3 Å². The average Bonchev–Trinajstić information content (AvgIpc) is 3.37. The Morgan fingerprint density at radius 1 is 1.04 bits per heavy atom. The Labute approximate surface area is 162 Å². The third kappa shape index (κ3) is 2.91. The van der Waals surface area contributed by atoms with Crippen LogP contribution in [0, 0.1) is 5.82 Å². The summed E-state index contributed by atoms with van der Waals surface area (Å²) in [5, 5.41) is 3.07. The molecular weight excluding hydrogens is 361 g/mol. The van der Waals surface area contributed by atoms with Crippen molar-refractivity contribution in [2.75, 3.05) is 49.6 Å². The molecule has 0 bridgehead atoms. The quantitative estimate of drug-likeness (QED) is 0.866. The lowest BCUT2D eigenvalue weighted by Crippen LogP contribution is -2.50. The molecule has 3 aliphatic rings. The number of carbonyl (C=O) groups is 1. The lowest BCUT2D eigenvalue weighted by Gasteiger charge is -2.36. The van der Waals surface area contributed by atoms with Gasteiger partial charge in [-0.05, 0) is 18.2 Å². The van der Waals surface area contributed by atoms with E-state index in [1.807, 2.05) is 17.0 Å². The SMILES string of the molecule is O=C(Nc1c2c(cc3c1OCC3)OCC2)N1CCN(c2ccccc2F)CC1. The molecular formula is C21H22FN3O3. The highest BCUT2D eigenvalue weighted by atomic mass is 19.1. The number of para-hydroxylation sites is 1. The Kier molecular flexibility index (Phi) is 4.22. The second kappa shape index (κ2) is 6.89. The number of amides is 2. The van der Waals surface area contributed by atoms with Gasteiger partial charge in [0.15, 0.2) is 0 Å². The van der Waals surface area contributed by atoms with Gasteiger partial charge in [-0.25, -0.2) is 9.18 Å². The van der Waals surface area contributed by atoms with Crippen molar-refractivity contribution in [2.45, 2.75) is 12.8 Å². The monoisotopic (exact) mass is 383 g/mol. The summed E-state index contributed by atoms with van der Waals surface area (Å²) in [6, 6.07) is 8.65. The summed E-state index contributed by atoms with van der Waals surface area (Å²) in [4.78, 5) is 16.7. The fraction of sp³-hybridized carbons (Fsp3) is 0.381. The van der Waals surface area contributed by atoms with Crippen molar-refractivity contribution in [1.29, 1.82) is 0 Å². The summed E-state index contributed by atoms with van der Waals surface area (Å²) in [5.41, 5.74) is 3.44. The van der Waals surface area contributed by atoms with Gasteiger partial charge in [0.1, 0.15) is 17.3 Å². The number of ether oxygens (including phenoxy) is 2. The Morgan fingerprint density at radius 2 is 1.82 bits per heavy atom. The predicted molar refractivity (Wildman–Crippen MR) is 104 cm³/mol. The minimum Gasteiger partial charge on any atom is -0.493 e. The molecule has 146 valence electrons. The number of anilines is 2. The highest BCUT2D eigenvalue weighted by molar-refractivity contribution is 5.93. The second-order valence-corrected chi connectivity index (χ2v) is 7.27. The molecule has 0 radical (unpaired) electrons. The van der Waals surface area contributed by atoms with E-state index in [4.69, 9.17) is 9.47 Å². The maximum atomic E-state index is 14.0. The number of urea groups is 1. The normalized spacial score (nSPS) is 17.6. The van der Waals surface area contributed by atoms with Gasteiger partial charge in [-0.2, -0.15) is 0 Å². The van der Waals surface area contributed by atoms with Crippen LogP contribution < -0.4 is 19.7 Å². The van der Waals surface area contributed by atoms with Crippen LogP contribution in [0.25, 0.3) is 0 Å². The summed E-state index contributed by atoms with van der Waals surface area (Å²) >= 11 is 0. The van der Waals surface area contributed by atoms with Crippen LogP contribution >= 0.6 is 0 Å². The second-order valence-electron chi connectivity index (χ2n) is 7.27. The highest BCUT2D eigenvalue weighted by Gasteiger charge is 2.29. The van der Waals surface area contributed by atoms with Crippen molar-refractivity contribution < 1.29 is 18.7 Å². The van der Waals surface area contributed by atoms with Crippen molar-refractivity contribution in [3.05, 3.63) is 47.3 Å². The molecule has 0 saturated carbocycles. The molecule has 0 aliphatic carbocycles. The zero-order valence-electron chi connectivity index (χ0n) is 15.5. The van der Waals surface area contributed by atoms with E-state index in [9.17, 15) is 9.18 Å². The fourth-order valence-corrected chi connectivity index (χ4v) is 4.16. The summed E-state index contributed by atoms with van der Waals surface area (Å²) in [6.07, 6.45) is 1.60. The number of piperazine rings is 1. The standard InChI is InChI=1S/C21H22FN3O3/c22-16-3-1-2-4-17(16)24-7-9-25(10-8-24)21(26)23-19-15-6-12-27-18(15)13-14-5-11-28-20(14)19/h1-4,13H,5-12H2,(H,23,26). The van der Waals surface area contributed by atoms with E-state index in [1.165, 1.54) is 6.07 Å². The molecule has 6 nitrogen and oxygen atoms in total. The molecule has 28 heavy (non-hydrogen) atoms. The number of benzene rings is 2. The van der Waals surface area contributed by atoms with Crippen molar-refractivity contribution in [3.8, 4) is 11.5 Å². The smallest absolute Gasteiger partial charge is 0.322 e. The van der Waals surface area contributed by atoms with Gasteiger partial charge in [0.05, 0.1) is 24.6 Å². The first-order chi connectivity index (χ1) is 13.7. The third-order valence-electron chi connectivity index (χ3n) is 5.64. The van der Waals surface area contributed by atoms with Crippen molar-refractivity contribution in [3.63, 3.8) is 0 Å². The van der Waals surface area contributed by atoms with E-state index in [1.54, 1.807) is 17.0 Å². The van der Waals surface area contributed by atoms with E-state index in [-0.39, 0.29) is 11.8 Å². The molecule has 5 rings (SSSR count). The van der Waals surface area contributed by atoms with Crippen LogP contribution in [0.3, 0.4) is 0 Å². The van der Waals surface area contributed by atoms with E-state index >= 15 is 0 Å². The summed E-state index contributed by atoms with van der Waals surface area (Å²) in [6.45, 7) is 3.52. The van der Waals surface area contributed by atoms with E-state index < -0.39 is 0 Å². The molecule has 2 amide bonds. The largest absolute Gasteiger partial charge is 0.493 e. The van der Waals surface area contributed by atoms with E-state index in [0.717, 1.165) is 41.2 Å². The molecule has 0 spiro atoms. The van der Waals surface area contributed by atoms with Crippen LogP contribution in [0.5, 0.6) is 11.5 Å². The number of halogens is 1. The van der Waals surface area contributed by atoms with Gasteiger partial charge < -0.3 is 24.6 Å². The Hall–Kier alpha value is -2.96. The first kappa shape index (κ1) is 17.2. The Bertz CT molecular complexity index is 893. The predicted octanol–water partition coefficient (Wildman–Crippen LogP) is 3.05. The topological polar surface area (TPSA) is 54.0 Å². The summed E-state index contributed by atoms with van der Waals surface area (Å²) in [5.74, 6) is 1.40. The zero-order valence-corrected chi connectivity index (χ0v) is 15.5. The van der Waals surface area contributed by atoms with Crippen molar-refractivity contribution >= 4 is 17.4 Å². The van der Waals surface area contributed by atoms with Gasteiger partial charge in [0, 0.05) is 50.1 Å². The molecule has 1 saturated heterocycles. The number of nitrogens with one attached hydrogen (secondary N) is 1. The third-order valence-corrected chi connectivity index (χ3v) is 5.64. The maximum absolute atomic E-state index is 14.0. The average molecular weight is 383 g/mol. The van der Waals surface area contributed by atoms with Crippen molar-refractivity contribution in [2.24, 2.45) is 0 Å². The van der Waals surface area contributed by atoms with Gasteiger partial charge in [0.25, 0.3) is 0 Å². The van der Waals surface area contributed by atoms with Crippen LogP contribution in [0.2, 0.25) is 0 Å². The van der Waals surface area contributed by atoms with Crippen molar-refractivity contribution in [1.82, 2.24) is 4.90 Å². The molecule has 7 heteroatoms. The maximum Gasteiger partial charge on any atom is 0.322 e. The van der Waals surface area contributed by atoms with Gasteiger partial charge in [0.2, 0.25) is 0 Å². The van der Waals surface area contributed by atoms with Crippen LogP contribution in [-0.2, 0) is 12.8 Å². The minimum absolute atomic E-state index is 0.147. The molecule has 1 fully saturated rings. The molecule has 0 aromatic heterocycles. The van der Waals surface area contributed by atoms with Gasteiger partial charge in [-0.1, -0.05) is 12.1 Å². The molecule has 0 atom stereocenters. The Morgan fingerprint density at radius 3 is 2.64 bits per heavy atom. The fourth-order valence-electron chi connectivity index (χ4n) is 4.16. The van der Waals surface area contributed by atoms with Gasteiger partial charge in [-0.3, -0.25) is 0 Å². The zero-order chi connectivity index (χ0) is 19.1. The van der Waals surface area contributed by atoms with Crippen LogP contribution in [-0.4, -0.2) is 50.3 Å². The number of carbonyl (C=O) groups excluding carboxylic acids is 1. The lowest BCUT2D eigenvalue weighted by atomic mass is 10.0. The summed E-state index contributed by atoms with van der Waals surface area (Å²) < 4.78 is 25.5. The minimum atomic E-state index is -0.229. The molecule has 1 N–H and O–H groups in total. The van der Waals surface area contributed by atoms with Gasteiger partial charge >= 0.3 is 6.03 Å². The number of nitrogens with zero attached hydrogens (tertiary/aromatic N) is 2. The number of hydrogen-bond acceptors (Lipinski definition) is 4. The van der Waals surface area contributed by atoms with E-state index in [0.29, 0.717) is 45.1 Å². The first-order valence-corrected chi connectivity index (χ1v) is 9.70. The number of hydrogen-bond donors (Lipinski definition) is 1. The molecule has 0 unspecified atom stereocenters. The molecule has 2 aromatic carbocycles. The summed E-state index contributed by atoms with van der Waals surface area (Å²) in [7, 11) is 0. The molecule has 2 aromatic rings. The van der Waals surface area contributed by atoms with Crippen LogP contribution in [0.1, 0.15) is 11.1 Å². The molecule has 3 heterocycles.